The van der Waals surface area contributed by atoms with E-state index in [4.69, 9.17) is 21.1 Å². The van der Waals surface area contributed by atoms with Gasteiger partial charge < -0.3 is 9.47 Å². The van der Waals surface area contributed by atoms with E-state index in [1.54, 1.807) is 0 Å². The van der Waals surface area contributed by atoms with Crippen LogP contribution in [0.3, 0.4) is 0 Å². The molecule has 0 spiro atoms. The molecular weight excluding hydrogens is 516 g/mol. The van der Waals surface area contributed by atoms with Crippen LogP contribution in [0.15, 0.2) is 18.2 Å². The van der Waals surface area contributed by atoms with E-state index in [1.165, 1.54) is 108 Å². The van der Waals surface area contributed by atoms with Crippen molar-refractivity contribution >= 4 is 17.6 Å². The number of hydrogen-bond acceptors (Lipinski definition) is 3. The van der Waals surface area contributed by atoms with Gasteiger partial charge in [-0.25, -0.2) is 0 Å². The molecule has 0 saturated carbocycles. The first-order valence-electron chi connectivity index (χ1n) is 16.6. The summed E-state index contributed by atoms with van der Waals surface area (Å²) < 4.78 is 11.5. The molecule has 1 unspecified atom stereocenters. The van der Waals surface area contributed by atoms with Gasteiger partial charge in [-0.3, -0.25) is 4.79 Å². The van der Waals surface area contributed by atoms with Gasteiger partial charge in [-0.2, -0.15) is 0 Å². The molecule has 0 heterocycles. The minimum absolute atomic E-state index is 0.106. The van der Waals surface area contributed by atoms with Crippen molar-refractivity contribution in [3.8, 4) is 17.6 Å². The van der Waals surface area contributed by atoms with Gasteiger partial charge in [0.15, 0.2) is 6.61 Å². The molecule has 3 nitrogen and oxygen atoms in total. The van der Waals surface area contributed by atoms with Crippen LogP contribution in [-0.2, 0) is 16.0 Å². The van der Waals surface area contributed by atoms with Crippen LogP contribution < -0.4 is 4.74 Å². The van der Waals surface area contributed by atoms with Crippen molar-refractivity contribution in [2.24, 2.45) is 5.92 Å². The summed E-state index contributed by atoms with van der Waals surface area (Å²) in [6.45, 7) is 7.64. The zero-order valence-electron chi connectivity index (χ0n) is 26.2. The number of carbonyl (C=O) groups excluding carboxylic acids is 1. The fourth-order valence-corrected chi connectivity index (χ4v) is 5.09. The molecule has 4 heteroatoms. The second-order valence-electron chi connectivity index (χ2n) is 11.3. The monoisotopic (exact) mass is 574 g/mol. The van der Waals surface area contributed by atoms with E-state index in [9.17, 15) is 4.79 Å². The Kier molecular flexibility index (Phi) is 23.9. The van der Waals surface area contributed by atoms with E-state index in [2.05, 4.69) is 44.7 Å². The highest BCUT2D eigenvalue weighted by Gasteiger charge is 2.09. The maximum Gasteiger partial charge on any atom is 0.306 e. The molecule has 0 aliphatic carbocycles. The first kappa shape index (κ1) is 36.4. The molecule has 0 fully saturated rings. The van der Waals surface area contributed by atoms with E-state index in [0.717, 1.165) is 30.8 Å². The topological polar surface area (TPSA) is 35.5 Å². The maximum atomic E-state index is 11.7. The molecule has 1 aromatic rings. The van der Waals surface area contributed by atoms with Crippen LogP contribution in [0, 0.1) is 17.8 Å². The highest BCUT2D eigenvalue weighted by molar-refractivity contribution is 6.17. The smallest absolute Gasteiger partial charge is 0.306 e. The number of ether oxygens (including phenoxy) is 2. The second kappa shape index (κ2) is 26.3. The van der Waals surface area contributed by atoms with Crippen molar-refractivity contribution in [3.63, 3.8) is 0 Å². The molecule has 40 heavy (non-hydrogen) atoms. The normalized spacial score (nSPS) is 11.6. The maximum absolute atomic E-state index is 11.7. The molecule has 1 aromatic carbocycles. The molecule has 1 rings (SSSR count). The van der Waals surface area contributed by atoms with Gasteiger partial charge >= 0.3 is 5.97 Å². The number of unbranched alkanes of at least 4 members (excludes halogenated alkanes) is 13. The highest BCUT2D eigenvalue weighted by Crippen LogP contribution is 2.22. The van der Waals surface area contributed by atoms with Crippen LogP contribution in [0.2, 0.25) is 0 Å². The molecule has 0 aliphatic heterocycles. The van der Waals surface area contributed by atoms with Gasteiger partial charge in [-0.05, 0) is 55.4 Å². The lowest BCUT2D eigenvalue weighted by Gasteiger charge is -2.16. The average Bonchev–Trinajstić information content (AvgIpc) is 2.96. The molecule has 0 amide bonds. The summed E-state index contributed by atoms with van der Waals surface area (Å²) in [6.07, 6.45) is 24.6. The Labute approximate surface area is 252 Å². The Morgan fingerprint density at radius 3 is 2.02 bits per heavy atom. The molecule has 228 valence electrons. The number of hydrogen-bond donors (Lipinski definition) is 0. The summed E-state index contributed by atoms with van der Waals surface area (Å²) in [5.41, 5.74) is 2.21. The van der Waals surface area contributed by atoms with Crippen LogP contribution in [0.1, 0.15) is 154 Å². The number of halogens is 1. The third-order valence-corrected chi connectivity index (χ3v) is 7.88. The van der Waals surface area contributed by atoms with Crippen LogP contribution >= 0.6 is 11.6 Å². The van der Waals surface area contributed by atoms with Gasteiger partial charge in [-0.15, -0.1) is 11.6 Å². The van der Waals surface area contributed by atoms with Crippen molar-refractivity contribution < 1.29 is 14.3 Å². The lowest BCUT2D eigenvalue weighted by molar-refractivity contribution is -0.142. The van der Waals surface area contributed by atoms with Gasteiger partial charge in [0.25, 0.3) is 0 Å². The van der Waals surface area contributed by atoms with E-state index >= 15 is 0 Å². The summed E-state index contributed by atoms with van der Waals surface area (Å²) in [5, 5.41) is 0. The number of carbonyl (C=O) groups is 1. The van der Waals surface area contributed by atoms with Gasteiger partial charge in [0.1, 0.15) is 5.75 Å². The predicted molar refractivity (Wildman–Crippen MR) is 172 cm³/mol. The van der Waals surface area contributed by atoms with Crippen molar-refractivity contribution in [1.29, 1.82) is 0 Å². The van der Waals surface area contributed by atoms with E-state index < -0.39 is 0 Å². The number of alkyl halides is 1. The summed E-state index contributed by atoms with van der Waals surface area (Å²) in [7, 11) is 0. The zero-order valence-corrected chi connectivity index (χ0v) is 26.9. The van der Waals surface area contributed by atoms with Crippen molar-refractivity contribution in [3.05, 3.63) is 29.3 Å². The Balaban J connectivity index is 2.51. The molecule has 0 aromatic heterocycles. The third-order valence-electron chi connectivity index (χ3n) is 7.62. The van der Waals surface area contributed by atoms with Crippen molar-refractivity contribution in [2.45, 2.75) is 149 Å². The zero-order chi connectivity index (χ0) is 29.1. The lowest BCUT2D eigenvalue weighted by Crippen LogP contribution is -2.11. The first-order valence-corrected chi connectivity index (χ1v) is 17.1. The van der Waals surface area contributed by atoms with Crippen molar-refractivity contribution in [1.82, 2.24) is 0 Å². The number of benzene rings is 1. The summed E-state index contributed by atoms with van der Waals surface area (Å²) in [4.78, 5) is 11.7. The standard InChI is InChI=1S/C36H59ClO3/c1-4-7-9-10-11-12-13-14-15-16-17-18-19-23-33-28-34(24-21-27-39-36(38)25-20-26-37)30-35(29-33)40-31-32(6-3)22-8-5-2/h28-30,32H,4-20,22-23,25-27,31H2,1-3H3. The first-order chi connectivity index (χ1) is 19.6. The number of aryl methyl sites for hydroxylation is 1. The molecule has 0 radical (unpaired) electrons. The SMILES string of the molecule is CCCCCCCCCCCCCCCc1cc(C#CCOC(=O)CCCCl)cc(OCC(CC)CCCC)c1. The Hall–Kier alpha value is -1.66. The fraction of sp³-hybridized carbons (Fsp3) is 0.750. The summed E-state index contributed by atoms with van der Waals surface area (Å²) in [6, 6.07) is 6.40. The Bertz CT molecular complexity index is 810. The van der Waals surface area contributed by atoms with E-state index in [0.29, 0.717) is 24.6 Å². The van der Waals surface area contributed by atoms with Gasteiger partial charge in [-0.1, -0.05) is 129 Å². The van der Waals surface area contributed by atoms with Crippen LogP contribution in [0.4, 0.5) is 0 Å². The average molecular weight is 575 g/mol. The van der Waals surface area contributed by atoms with Gasteiger partial charge in [0.2, 0.25) is 0 Å². The number of esters is 1. The largest absolute Gasteiger partial charge is 0.493 e. The summed E-state index contributed by atoms with van der Waals surface area (Å²) in [5.74, 6) is 7.91. The Morgan fingerprint density at radius 1 is 0.800 bits per heavy atom. The molecule has 0 bridgehead atoms. The van der Waals surface area contributed by atoms with E-state index in [1.807, 2.05) is 6.07 Å². The quantitative estimate of drug-likeness (QED) is 0.0504. The fourth-order valence-electron chi connectivity index (χ4n) is 4.96. The van der Waals surface area contributed by atoms with Crippen LogP contribution in [-0.4, -0.2) is 25.1 Å². The van der Waals surface area contributed by atoms with Crippen LogP contribution in [0.25, 0.3) is 0 Å². The minimum Gasteiger partial charge on any atom is -0.493 e. The van der Waals surface area contributed by atoms with Gasteiger partial charge in [0, 0.05) is 17.9 Å². The molecule has 0 N–H and O–H groups in total. The molecular formula is C36H59ClO3. The minimum atomic E-state index is -0.243. The molecule has 0 saturated heterocycles. The second-order valence-corrected chi connectivity index (χ2v) is 11.7. The van der Waals surface area contributed by atoms with E-state index in [-0.39, 0.29) is 12.6 Å². The number of rotatable bonds is 25. The van der Waals surface area contributed by atoms with Gasteiger partial charge in [0.05, 0.1) is 6.61 Å². The summed E-state index contributed by atoms with van der Waals surface area (Å²) >= 11 is 5.65. The predicted octanol–water partition coefficient (Wildman–Crippen LogP) is 10.8. The lowest BCUT2D eigenvalue weighted by atomic mass is 10.0. The molecule has 1 atom stereocenters. The highest BCUT2D eigenvalue weighted by atomic mass is 35.5. The van der Waals surface area contributed by atoms with Crippen molar-refractivity contribution in [2.75, 3.05) is 19.1 Å². The molecule has 0 aliphatic rings. The van der Waals surface area contributed by atoms with Crippen LogP contribution in [0.5, 0.6) is 5.75 Å². The third kappa shape index (κ3) is 20.3. The Morgan fingerprint density at radius 2 is 1.43 bits per heavy atom.